The van der Waals surface area contributed by atoms with E-state index in [-0.39, 0.29) is 5.48 Å². The van der Waals surface area contributed by atoms with Crippen LogP contribution in [0.2, 0.25) is 0 Å². The van der Waals surface area contributed by atoms with Crippen molar-refractivity contribution >= 4 is 11.9 Å². The van der Waals surface area contributed by atoms with Crippen molar-refractivity contribution in [3.63, 3.8) is 0 Å². The third-order valence-corrected chi connectivity index (χ3v) is 3.31. The van der Waals surface area contributed by atoms with E-state index >= 15 is 0 Å². The molecule has 6 nitrogen and oxygen atoms in total. The van der Waals surface area contributed by atoms with E-state index in [2.05, 4.69) is 0 Å². The van der Waals surface area contributed by atoms with Gasteiger partial charge in [0.25, 0.3) is 0 Å². The quantitative estimate of drug-likeness (QED) is 0.649. The maximum atomic E-state index is 11.0. The van der Waals surface area contributed by atoms with Crippen molar-refractivity contribution in [2.45, 2.75) is 31.5 Å². The average molecular weight is 218 g/mol. The van der Waals surface area contributed by atoms with Crippen molar-refractivity contribution in [1.82, 2.24) is 0 Å². The summed E-state index contributed by atoms with van der Waals surface area (Å²) in [4.78, 5) is 21.9. The Hall–Kier alpha value is -1.14. The zero-order chi connectivity index (χ0) is 10.5. The van der Waals surface area contributed by atoms with Crippen LogP contribution < -0.4 is 0 Å². The maximum absolute atomic E-state index is 11.0. The monoisotopic (exact) mass is 218 g/mol. The highest BCUT2D eigenvalue weighted by molar-refractivity contribution is 5.82. The van der Waals surface area contributed by atoms with Crippen LogP contribution in [-0.2, 0) is 14.3 Å². The predicted octanol–water partition coefficient (Wildman–Crippen LogP) is -0.485. The van der Waals surface area contributed by atoms with Crippen molar-refractivity contribution < 1.29 is 30.0 Å². The summed E-state index contributed by atoms with van der Waals surface area (Å²) in [5, 5.41) is 17.9. The summed E-state index contributed by atoms with van der Waals surface area (Å²) >= 11 is 0. The molecule has 0 spiro atoms. The van der Waals surface area contributed by atoms with E-state index < -0.39 is 35.5 Å². The van der Waals surface area contributed by atoms with E-state index in [1.54, 1.807) is 6.92 Å². The number of hydrogen-bond acceptors (Lipinski definition) is 3. The highest BCUT2D eigenvalue weighted by Gasteiger charge is 2.62. The molecule has 0 aromatic heterocycles. The van der Waals surface area contributed by atoms with E-state index in [1.807, 2.05) is 0 Å². The molecule has 4 unspecified atom stereocenters. The first-order chi connectivity index (χ1) is 6.46. The van der Waals surface area contributed by atoms with Gasteiger partial charge in [-0.15, -0.1) is 0 Å². The van der Waals surface area contributed by atoms with Gasteiger partial charge >= 0.3 is 11.9 Å². The lowest BCUT2D eigenvalue weighted by Gasteiger charge is -2.28. The fourth-order valence-corrected chi connectivity index (χ4v) is 2.69. The van der Waals surface area contributed by atoms with Gasteiger partial charge in [0.05, 0.1) is 17.6 Å². The molecule has 2 aliphatic rings. The van der Waals surface area contributed by atoms with Crippen LogP contribution in [0.4, 0.5) is 0 Å². The van der Waals surface area contributed by atoms with Crippen molar-refractivity contribution in [3.8, 4) is 0 Å². The standard InChI is InChI=1S/C9H12O5.H2O/c1-9-3-2-4(14-9)5(7(10)11)6(9)8(12)13;/h4-6H,2-3H2,1H3,(H,10,11)(H,12,13);1H2. The number of carboxylic acids is 2. The summed E-state index contributed by atoms with van der Waals surface area (Å²) in [6, 6.07) is 0. The first-order valence-corrected chi connectivity index (χ1v) is 4.59. The minimum Gasteiger partial charge on any atom is -0.481 e. The minimum atomic E-state index is -1.07. The summed E-state index contributed by atoms with van der Waals surface area (Å²) in [5.41, 5.74) is -0.778. The van der Waals surface area contributed by atoms with Crippen molar-refractivity contribution in [3.05, 3.63) is 0 Å². The number of ether oxygens (including phenoxy) is 1. The molecule has 2 saturated heterocycles. The number of hydrogen-bond donors (Lipinski definition) is 2. The number of rotatable bonds is 2. The van der Waals surface area contributed by atoms with E-state index in [1.165, 1.54) is 0 Å². The van der Waals surface area contributed by atoms with Crippen LogP contribution in [-0.4, -0.2) is 39.3 Å². The van der Waals surface area contributed by atoms with Crippen LogP contribution in [0.5, 0.6) is 0 Å². The van der Waals surface area contributed by atoms with E-state index in [9.17, 15) is 9.59 Å². The lowest BCUT2D eigenvalue weighted by molar-refractivity contribution is -0.155. The summed E-state index contributed by atoms with van der Waals surface area (Å²) < 4.78 is 5.45. The van der Waals surface area contributed by atoms with Gasteiger partial charge in [-0.2, -0.15) is 0 Å². The van der Waals surface area contributed by atoms with Crippen LogP contribution in [0.15, 0.2) is 0 Å². The van der Waals surface area contributed by atoms with Crippen LogP contribution in [0.1, 0.15) is 19.8 Å². The lowest BCUT2D eigenvalue weighted by Crippen LogP contribution is -2.43. The SMILES string of the molecule is CC12CCC(O1)C(C(=O)O)C2C(=O)O.O. The van der Waals surface area contributed by atoms with E-state index in [0.29, 0.717) is 12.8 Å². The molecule has 4 atom stereocenters. The molecular weight excluding hydrogens is 204 g/mol. The van der Waals surface area contributed by atoms with Gasteiger partial charge in [-0.25, -0.2) is 0 Å². The molecular formula is C9H14O6. The summed E-state index contributed by atoms with van der Waals surface area (Å²) in [6.45, 7) is 1.69. The molecule has 0 aliphatic carbocycles. The zero-order valence-corrected chi connectivity index (χ0v) is 8.27. The largest absolute Gasteiger partial charge is 0.481 e. The number of fused-ring (bicyclic) bond motifs is 2. The minimum absolute atomic E-state index is 0. The second-order valence-electron chi connectivity index (χ2n) is 4.19. The molecule has 6 heteroatoms. The molecule has 2 rings (SSSR count). The highest BCUT2D eigenvalue weighted by atomic mass is 16.5. The predicted molar refractivity (Wildman–Crippen MR) is 48.4 cm³/mol. The van der Waals surface area contributed by atoms with Gasteiger partial charge < -0.3 is 20.4 Å². The van der Waals surface area contributed by atoms with Crippen molar-refractivity contribution in [2.24, 2.45) is 11.8 Å². The fraction of sp³-hybridized carbons (Fsp3) is 0.778. The normalized spacial score (nSPS) is 42.3. The van der Waals surface area contributed by atoms with Gasteiger partial charge in [-0.1, -0.05) is 0 Å². The molecule has 0 aromatic rings. The number of aliphatic carboxylic acids is 2. The van der Waals surface area contributed by atoms with Gasteiger partial charge in [0, 0.05) is 0 Å². The van der Waals surface area contributed by atoms with Crippen LogP contribution in [0.3, 0.4) is 0 Å². The van der Waals surface area contributed by atoms with Gasteiger partial charge in [0.2, 0.25) is 0 Å². The Labute approximate surface area is 86.2 Å². The van der Waals surface area contributed by atoms with Gasteiger partial charge in [-0.05, 0) is 19.8 Å². The molecule has 2 heterocycles. The molecule has 2 fully saturated rings. The van der Waals surface area contributed by atoms with E-state index in [0.717, 1.165) is 0 Å². The molecule has 86 valence electrons. The van der Waals surface area contributed by atoms with Crippen molar-refractivity contribution in [1.29, 1.82) is 0 Å². The molecule has 0 aromatic carbocycles. The first-order valence-electron chi connectivity index (χ1n) is 4.59. The molecule has 0 amide bonds. The maximum Gasteiger partial charge on any atom is 0.310 e. The van der Waals surface area contributed by atoms with E-state index in [4.69, 9.17) is 14.9 Å². The molecule has 15 heavy (non-hydrogen) atoms. The Bertz CT molecular complexity index is 301. The third kappa shape index (κ3) is 1.49. The second-order valence-corrected chi connectivity index (χ2v) is 4.19. The molecule has 2 bridgehead atoms. The van der Waals surface area contributed by atoms with Gasteiger partial charge in [-0.3, -0.25) is 9.59 Å². The number of carboxylic acid groups (broad SMARTS) is 2. The first kappa shape index (κ1) is 11.9. The van der Waals surface area contributed by atoms with Crippen LogP contribution >= 0.6 is 0 Å². The average Bonchev–Trinajstić information content (AvgIpc) is 2.55. The van der Waals surface area contributed by atoms with Gasteiger partial charge in [0.15, 0.2) is 0 Å². The third-order valence-electron chi connectivity index (χ3n) is 3.31. The topological polar surface area (TPSA) is 115 Å². The Kier molecular flexibility index (Phi) is 2.75. The van der Waals surface area contributed by atoms with Gasteiger partial charge in [0.1, 0.15) is 5.92 Å². The van der Waals surface area contributed by atoms with Crippen LogP contribution in [0, 0.1) is 11.8 Å². The lowest BCUT2D eigenvalue weighted by atomic mass is 9.72. The second kappa shape index (κ2) is 3.46. The number of carbonyl (C=O) groups is 2. The molecule has 4 N–H and O–H groups in total. The Morgan fingerprint density at radius 3 is 2.33 bits per heavy atom. The Morgan fingerprint density at radius 1 is 1.33 bits per heavy atom. The summed E-state index contributed by atoms with van der Waals surface area (Å²) in [5.74, 6) is -3.92. The summed E-state index contributed by atoms with van der Waals surface area (Å²) in [7, 11) is 0. The zero-order valence-electron chi connectivity index (χ0n) is 8.27. The van der Waals surface area contributed by atoms with Crippen molar-refractivity contribution in [2.75, 3.05) is 0 Å². The Morgan fingerprint density at radius 2 is 1.93 bits per heavy atom. The Balaban J connectivity index is 0.00000112. The molecule has 0 saturated carbocycles. The molecule has 2 aliphatic heterocycles. The smallest absolute Gasteiger partial charge is 0.310 e. The van der Waals surface area contributed by atoms with Crippen LogP contribution in [0.25, 0.3) is 0 Å². The fourth-order valence-electron chi connectivity index (χ4n) is 2.69. The summed E-state index contributed by atoms with van der Waals surface area (Å²) in [6.07, 6.45) is 0.869. The molecule has 0 radical (unpaired) electrons. The highest BCUT2D eigenvalue weighted by Crippen LogP contribution is 2.51.